The van der Waals surface area contributed by atoms with E-state index in [-0.39, 0.29) is 11.0 Å². The molecule has 2 N–H and O–H groups in total. The summed E-state index contributed by atoms with van der Waals surface area (Å²) in [5.41, 5.74) is 9.85. The van der Waals surface area contributed by atoms with Crippen molar-refractivity contribution in [1.29, 1.82) is 0 Å². The number of pyridine rings is 2. The average Bonchev–Trinajstić information content (AvgIpc) is 3.04. The van der Waals surface area contributed by atoms with Gasteiger partial charge in [-0.2, -0.15) is 0 Å². The maximum atomic E-state index is 12.1. The molecule has 216 valence electrons. The molecule has 0 spiro atoms. The summed E-state index contributed by atoms with van der Waals surface area (Å²) >= 11 is 5.19. The highest BCUT2D eigenvalue weighted by molar-refractivity contribution is 6.63. The fourth-order valence-corrected chi connectivity index (χ4v) is 4.57. The second kappa shape index (κ2) is 16.5. The summed E-state index contributed by atoms with van der Waals surface area (Å²) in [4.78, 5) is 30.6. The summed E-state index contributed by atoms with van der Waals surface area (Å²) in [6, 6.07) is 35.8. The first-order chi connectivity index (χ1) is 21.0. The number of aryl methyl sites for hydroxylation is 2. The summed E-state index contributed by atoms with van der Waals surface area (Å²) in [7, 11) is 0. The molecular weight excluding hydrogens is 554 g/mol. The highest BCUT2D eigenvalue weighted by Gasteiger charge is 2.05. The molecule has 0 saturated heterocycles. The maximum absolute atomic E-state index is 12.1. The van der Waals surface area contributed by atoms with Gasteiger partial charge in [0, 0.05) is 60.5 Å². The van der Waals surface area contributed by atoms with E-state index >= 15 is 0 Å². The Morgan fingerprint density at radius 2 is 1.12 bits per heavy atom. The summed E-state index contributed by atoms with van der Waals surface area (Å²) in [5, 5.41) is 4.24. The van der Waals surface area contributed by atoms with Crippen LogP contribution in [0.15, 0.2) is 134 Å². The Balaban J connectivity index is 0.000000162. The Morgan fingerprint density at radius 1 is 0.581 bits per heavy atom. The molecule has 2 aromatic heterocycles. The molecule has 0 aliphatic heterocycles. The zero-order valence-corrected chi connectivity index (χ0v) is 24.7. The number of nitrogen functional groups attached to an aromatic ring is 1. The number of carbonyl (C=O) groups excluding carboxylic acids is 2. The SMILES string of the molecule is Nc1ccc2cnccc2c1.O=C(CCc1ccccc1)Cc1ccc2cnccc2c1.O=C(Cl)CCc1ccccc1. The highest BCUT2D eigenvalue weighted by atomic mass is 35.5. The van der Waals surface area contributed by atoms with Crippen LogP contribution in [0.3, 0.4) is 0 Å². The van der Waals surface area contributed by atoms with Crippen molar-refractivity contribution < 1.29 is 9.59 Å². The van der Waals surface area contributed by atoms with Crippen LogP contribution in [0.1, 0.15) is 29.5 Å². The van der Waals surface area contributed by atoms with E-state index in [0.717, 1.165) is 51.2 Å². The lowest BCUT2D eigenvalue weighted by Crippen LogP contribution is -2.04. The predicted octanol–water partition coefficient (Wildman–Crippen LogP) is 8.18. The molecule has 0 aliphatic carbocycles. The van der Waals surface area contributed by atoms with Crippen molar-refractivity contribution in [2.45, 2.75) is 32.1 Å². The van der Waals surface area contributed by atoms with Crippen LogP contribution in [0.4, 0.5) is 5.69 Å². The van der Waals surface area contributed by atoms with Crippen LogP contribution < -0.4 is 5.73 Å². The van der Waals surface area contributed by atoms with E-state index in [9.17, 15) is 9.59 Å². The van der Waals surface area contributed by atoms with E-state index < -0.39 is 0 Å². The third-order valence-electron chi connectivity index (χ3n) is 6.76. The monoisotopic (exact) mass is 587 g/mol. The highest BCUT2D eigenvalue weighted by Crippen LogP contribution is 2.16. The van der Waals surface area contributed by atoms with Crippen LogP contribution in [0, 0.1) is 0 Å². The third kappa shape index (κ3) is 10.8. The molecule has 6 aromatic rings. The zero-order valence-electron chi connectivity index (χ0n) is 23.9. The molecule has 0 bridgehead atoms. The van der Waals surface area contributed by atoms with E-state index in [1.165, 1.54) is 5.56 Å². The molecule has 6 heteroatoms. The number of aromatic nitrogens is 2. The van der Waals surface area contributed by atoms with Crippen LogP contribution in [-0.2, 0) is 28.9 Å². The van der Waals surface area contributed by atoms with E-state index in [1.807, 2.05) is 103 Å². The van der Waals surface area contributed by atoms with Crippen molar-refractivity contribution in [3.63, 3.8) is 0 Å². The Kier molecular flexibility index (Phi) is 12.0. The Bertz CT molecular complexity index is 1760. The van der Waals surface area contributed by atoms with E-state index in [4.69, 9.17) is 17.3 Å². The molecule has 0 amide bonds. The van der Waals surface area contributed by atoms with Gasteiger partial charge in [-0.15, -0.1) is 0 Å². The van der Waals surface area contributed by atoms with Gasteiger partial charge in [-0.1, -0.05) is 84.9 Å². The molecule has 0 unspecified atom stereocenters. The van der Waals surface area contributed by atoms with E-state index in [2.05, 4.69) is 28.2 Å². The van der Waals surface area contributed by atoms with Crippen molar-refractivity contribution in [2.75, 3.05) is 5.73 Å². The van der Waals surface area contributed by atoms with Crippen LogP contribution >= 0.6 is 11.6 Å². The molecule has 0 fully saturated rings. The molecule has 0 saturated carbocycles. The third-order valence-corrected chi connectivity index (χ3v) is 6.95. The number of fused-ring (bicyclic) bond motifs is 2. The van der Waals surface area contributed by atoms with Gasteiger partial charge in [0.15, 0.2) is 0 Å². The van der Waals surface area contributed by atoms with Gasteiger partial charge < -0.3 is 5.73 Å². The first-order valence-electron chi connectivity index (χ1n) is 14.2. The fourth-order valence-electron chi connectivity index (χ4n) is 4.48. The molecule has 0 atom stereocenters. The summed E-state index contributed by atoms with van der Waals surface area (Å²) in [6.07, 6.45) is 10.3. The number of ketones is 1. The van der Waals surface area contributed by atoms with Crippen LogP contribution in [0.5, 0.6) is 0 Å². The normalized spacial score (nSPS) is 10.3. The number of halogens is 1. The van der Waals surface area contributed by atoms with Crippen LogP contribution in [-0.4, -0.2) is 21.0 Å². The van der Waals surface area contributed by atoms with Gasteiger partial charge in [-0.3, -0.25) is 19.6 Å². The number of benzene rings is 4. The largest absolute Gasteiger partial charge is 0.399 e. The van der Waals surface area contributed by atoms with Crippen molar-refractivity contribution in [1.82, 2.24) is 9.97 Å². The smallest absolute Gasteiger partial charge is 0.221 e. The molecule has 5 nitrogen and oxygen atoms in total. The molecule has 4 aromatic carbocycles. The Labute approximate surface area is 257 Å². The number of carbonyl (C=O) groups is 2. The van der Waals surface area contributed by atoms with Crippen LogP contribution in [0.2, 0.25) is 0 Å². The molecular formula is C37H34ClN3O2. The Hall–Kier alpha value is -4.87. The lowest BCUT2D eigenvalue weighted by Gasteiger charge is -2.04. The van der Waals surface area contributed by atoms with Gasteiger partial charge in [0.25, 0.3) is 0 Å². The first-order valence-corrected chi connectivity index (χ1v) is 14.5. The molecule has 0 aliphatic rings. The van der Waals surface area contributed by atoms with Crippen molar-refractivity contribution in [3.05, 3.63) is 151 Å². The lowest BCUT2D eigenvalue weighted by atomic mass is 10.0. The molecule has 0 radical (unpaired) electrons. The number of Topliss-reactive ketones (excluding diaryl/α,β-unsaturated/α-hetero) is 1. The number of nitrogens with zero attached hydrogens (tertiary/aromatic N) is 2. The van der Waals surface area contributed by atoms with E-state index in [1.54, 1.807) is 12.4 Å². The van der Waals surface area contributed by atoms with Gasteiger partial charge >= 0.3 is 0 Å². The van der Waals surface area contributed by atoms with Gasteiger partial charge in [-0.05, 0) is 76.2 Å². The summed E-state index contributed by atoms with van der Waals surface area (Å²) in [5.74, 6) is 0.284. The molecule has 2 heterocycles. The fraction of sp³-hybridized carbons (Fsp3) is 0.135. The Morgan fingerprint density at radius 3 is 1.70 bits per heavy atom. The number of rotatable bonds is 8. The number of hydrogen-bond donors (Lipinski definition) is 1. The zero-order chi connectivity index (χ0) is 30.3. The number of hydrogen-bond acceptors (Lipinski definition) is 5. The molecule has 43 heavy (non-hydrogen) atoms. The quantitative estimate of drug-likeness (QED) is 0.143. The lowest BCUT2D eigenvalue weighted by molar-refractivity contribution is -0.118. The average molecular weight is 588 g/mol. The maximum Gasteiger partial charge on any atom is 0.221 e. The predicted molar refractivity (Wildman–Crippen MR) is 177 cm³/mol. The summed E-state index contributed by atoms with van der Waals surface area (Å²) < 4.78 is 0. The second-order valence-corrected chi connectivity index (χ2v) is 10.5. The minimum atomic E-state index is -0.270. The molecule has 6 rings (SSSR count). The van der Waals surface area contributed by atoms with Gasteiger partial charge in [0.05, 0.1) is 0 Å². The van der Waals surface area contributed by atoms with E-state index in [0.29, 0.717) is 19.3 Å². The van der Waals surface area contributed by atoms with Crippen molar-refractivity contribution in [2.24, 2.45) is 0 Å². The number of anilines is 1. The minimum Gasteiger partial charge on any atom is -0.399 e. The second-order valence-electron chi connectivity index (χ2n) is 10.1. The van der Waals surface area contributed by atoms with Crippen molar-refractivity contribution in [3.8, 4) is 0 Å². The number of nitrogens with two attached hydrogens (primary N) is 1. The van der Waals surface area contributed by atoms with Gasteiger partial charge in [0.1, 0.15) is 5.78 Å². The summed E-state index contributed by atoms with van der Waals surface area (Å²) in [6.45, 7) is 0. The standard InChI is InChI=1S/C19H17NO.C9H9ClO.C9H8N2/c21-19(9-7-15-4-2-1-3-5-15)13-16-6-8-18-14-20-11-10-17(18)12-16;10-9(11)7-6-8-4-2-1-3-5-8;10-9-2-1-8-6-11-4-3-7(8)5-9/h1-6,8,10-12,14H,7,9,13H2;1-5H,6-7H2;1-6H,10H2. The van der Waals surface area contributed by atoms with Gasteiger partial charge in [-0.25, -0.2) is 0 Å². The van der Waals surface area contributed by atoms with Crippen LogP contribution in [0.25, 0.3) is 21.5 Å². The van der Waals surface area contributed by atoms with Crippen molar-refractivity contribution >= 4 is 49.9 Å². The van der Waals surface area contributed by atoms with Gasteiger partial charge in [0.2, 0.25) is 5.24 Å². The topological polar surface area (TPSA) is 85.9 Å². The minimum absolute atomic E-state index is 0.270. The first kappa shape index (κ1) is 31.1.